The van der Waals surface area contributed by atoms with Crippen molar-refractivity contribution >= 4 is 0 Å². The molecule has 256 valence electrons. The van der Waals surface area contributed by atoms with Crippen LogP contribution < -0.4 is 0 Å². The summed E-state index contributed by atoms with van der Waals surface area (Å²) in [6, 6.07) is 74.3. The molecule has 0 saturated carbocycles. The van der Waals surface area contributed by atoms with Gasteiger partial charge in [0, 0.05) is 16.7 Å². The lowest BCUT2D eigenvalue weighted by molar-refractivity contribution is 0.794. The summed E-state index contributed by atoms with van der Waals surface area (Å²) in [5.74, 6) is 0.700. The van der Waals surface area contributed by atoms with Gasteiger partial charge in [-0.2, -0.15) is 0 Å². The van der Waals surface area contributed by atoms with Gasteiger partial charge < -0.3 is 0 Å². The van der Waals surface area contributed by atoms with Crippen molar-refractivity contribution in [2.24, 2.45) is 0 Å². The highest BCUT2D eigenvalue weighted by molar-refractivity contribution is 5.99. The first-order chi connectivity index (χ1) is 27.3. The molecule has 0 radical (unpaired) electrons. The van der Waals surface area contributed by atoms with Crippen LogP contribution in [0.25, 0.3) is 78.4 Å². The second kappa shape index (κ2) is 12.5. The fourth-order valence-electron chi connectivity index (χ4n) is 9.18. The first kappa shape index (κ1) is 31.4. The molecule has 55 heavy (non-hydrogen) atoms. The second-order valence-electron chi connectivity index (χ2n) is 14.5. The van der Waals surface area contributed by atoms with Gasteiger partial charge in [0.15, 0.2) is 5.82 Å². The molecule has 2 aliphatic carbocycles. The topological polar surface area (TPSA) is 25.8 Å². The molecule has 0 N–H and O–H groups in total. The van der Waals surface area contributed by atoms with Gasteiger partial charge in [-0.05, 0) is 85.0 Å². The van der Waals surface area contributed by atoms with Crippen LogP contribution in [0.15, 0.2) is 206 Å². The van der Waals surface area contributed by atoms with Crippen molar-refractivity contribution in [3.8, 4) is 78.4 Å². The summed E-state index contributed by atoms with van der Waals surface area (Å²) in [7, 11) is 0. The second-order valence-corrected chi connectivity index (χ2v) is 14.5. The number of benzene rings is 8. The maximum absolute atomic E-state index is 5.46. The molecule has 2 heteroatoms. The average molecular weight is 699 g/mol. The van der Waals surface area contributed by atoms with Gasteiger partial charge in [-0.1, -0.05) is 188 Å². The first-order valence-electron chi connectivity index (χ1n) is 18.9. The summed E-state index contributed by atoms with van der Waals surface area (Å²) in [4.78, 5) is 10.8. The zero-order chi connectivity index (χ0) is 36.3. The largest absolute Gasteiger partial charge is 0.228 e. The quantitative estimate of drug-likeness (QED) is 0.179. The maximum Gasteiger partial charge on any atom is 0.160 e. The van der Waals surface area contributed by atoms with Crippen LogP contribution in [0.1, 0.15) is 22.3 Å². The molecule has 11 rings (SSSR count). The van der Waals surface area contributed by atoms with Crippen molar-refractivity contribution in [3.63, 3.8) is 0 Å². The van der Waals surface area contributed by atoms with Crippen LogP contribution in [-0.4, -0.2) is 9.97 Å². The number of nitrogens with zero attached hydrogens (tertiary/aromatic N) is 2. The molecule has 2 nitrogen and oxygen atoms in total. The van der Waals surface area contributed by atoms with Crippen molar-refractivity contribution in [2.75, 3.05) is 0 Å². The Morgan fingerprint density at radius 1 is 0.273 bits per heavy atom. The van der Waals surface area contributed by atoms with Crippen molar-refractivity contribution < 1.29 is 0 Å². The summed E-state index contributed by atoms with van der Waals surface area (Å²) < 4.78 is 0. The van der Waals surface area contributed by atoms with Gasteiger partial charge >= 0.3 is 0 Å². The van der Waals surface area contributed by atoms with Crippen LogP contribution >= 0.6 is 0 Å². The van der Waals surface area contributed by atoms with E-state index in [1.54, 1.807) is 0 Å². The van der Waals surface area contributed by atoms with Gasteiger partial charge in [0.1, 0.15) is 0 Å². The van der Waals surface area contributed by atoms with Crippen molar-refractivity contribution in [3.05, 3.63) is 229 Å². The Balaban J connectivity index is 1.17. The lowest BCUT2D eigenvalue weighted by Gasteiger charge is -2.30. The fourth-order valence-corrected chi connectivity index (χ4v) is 9.18. The van der Waals surface area contributed by atoms with Crippen LogP contribution in [0.5, 0.6) is 0 Å². The molecular formula is C53H34N2. The minimum atomic E-state index is -0.429. The summed E-state index contributed by atoms with van der Waals surface area (Å²) in [6.07, 6.45) is 0. The molecule has 1 aromatic heterocycles. The van der Waals surface area contributed by atoms with E-state index < -0.39 is 5.41 Å². The smallest absolute Gasteiger partial charge is 0.160 e. The normalized spacial score (nSPS) is 12.9. The zero-order valence-electron chi connectivity index (χ0n) is 30.0. The van der Waals surface area contributed by atoms with E-state index in [2.05, 4.69) is 206 Å². The fraction of sp³-hybridized carbons (Fsp3) is 0.0189. The van der Waals surface area contributed by atoms with Gasteiger partial charge in [-0.25, -0.2) is 9.97 Å². The van der Waals surface area contributed by atoms with E-state index in [1.165, 1.54) is 50.1 Å². The average Bonchev–Trinajstić information content (AvgIpc) is 3.75. The predicted octanol–water partition coefficient (Wildman–Crippen LogP) is 13.2. The van der Waals surface area contributed by atoms with E-state index >= 15 is 0 Å². The molecule has 1 spiro atoms. The number of hydrogen-bond acceptors (Lipinski definition) is 2. The summed E-state index contributed by atoms with van der Waals surface area (Å²) >= 11 is 0. The third-order valence-electron chi connectivity index (χ3n) is 11.5. The Bertz CT molecular complexity index is 2780. The maximum atomic E-state index is 5.46. The van der Waals surface area contributed by atoms with Crippen LogP contribution in [0, 0.1) is 0 Å². The zero-order valence-corrected chi connectivity index (χ0v) is 30.0. The number of hydrogen-bond donors (Lipinski definition) is 0. The third kappa shape index (κ3) is 4.82. The molecule has 9 aromatic rings. The standard InChI is InChI=1S/C53H34N2/c1-3-16-35(17-4-1)37-20-13-22-39(32-37)49-34-50(55-52(54-49)40-23-14-21-38(33-40)36-18-5-2-6-19-36)44-27-15-31-48-51(44)43-26-9-12-30-47(43)53(48)45-28-10-7-24-41(45)42-25-8-11-29-46(42)53/h1-34H. The lowest BCUT2D eigenvalue weighted by Crippen LogP contribution is -2.25. The Morgan fingerprint density at radius 2 is 0.691 bits per heavy atom. The SMILES string of the molecule is c1ccc(-c2cccc(-c3cc(-c4cccc5c4-c4ccccc4C54c5ccccc5-c5ccccc54)nc(-c4cccc(-c5ccccc5)c4)n3)c2)cc1. The Morgan fingerprint density at radius 3 is 1.33 bits per heavy atom. The highest BCUT2D eigenvalue weighted by atomic mass is 14.9. The summed E-state index contributed by atoms with van der Waals surface area (Å²) in [5.41, 5.74) is 19.5. The van der Waals surface area contributed by atoms with Crippen molar-refractivity contribution in [2.45, 2.75) is 5.41 Å². The van der Waals surface area contributed by atoms with Crippen molar-refractivity contribution in [1.29, 1.82) is 0 Å². The minimum absolute atomic E-state index is 0.429. The van der Waals surface area contributed by atoms with Crippen LogP contribution in [0.3, 0.4) is 0 Å². The third-order valence-corrected chi connectivity index (χ3v) is 11.5. The van der Waals surface area contributed by atoms with Gasteiger partial charge in [-0.3, -0.25) is 0 Å². The predicted molar refractivity (Wildman–Crippen MR) is 226 cm³/mol. The molecule has 0 atom stereocenters. The van der Waals surface area contributed by atoms with Gasteiger partial charge in [0.05, 0.1) is 16.8 Å². The number of rotatable bonds is 5. The van der Waals surface area contributed by atoms with Crippen LogP contribution in [0.2, 0.25) is 0 Å². The molecule has 0 amide bonds. The molecule has 0 unspecified atom stereocenters. The minimum Gasteiger partial charge on any atom is -0.228 e. The molecule has 0 aliphatic heterocycles. The Labute approximate surface area is 321 Å². The summed E-state index contributed by atoms with van der Waals surface area (Å²) in [5, 5.41) is 0. The monoisotopic (exact) mass is 698 g/mol. The van der Waals surface area contributed by atoms with Crippen LogP contribution in [-0.2, 0) is 5.41 Å². The van der Waals surface area contributed by atoms with E-state index in [0.717, 1.165) is 44.8 Å². The van der Waals surface area contributed by atoms with E-state index in [-0.39, 0.29) is 0 Å². The van der Waals surface area contributed by atoms with Crippen LogP contribution in [0.4, 0.5) is 0 Å². The Kier molecular flexibility index (Phi) is 7.11. The molecule has 8 aromatic carbocycles. The van der Waals surface area contributed by atoms with Gasteiger partial charge in [0.2, 0.25) is 0 Å². The van der Waals surface area contributed by atoms with Gasteiger partial charge in [-0.15, -0.1) is 0 Å². The molecule has 1 heterocycles. The Hall–Kier alpha value is -7.16. The number of fused-ring (bicyclic) bond motifs is 10. The summed E-state index contributed by atoms with van der Waals surface area (Å²) in [6.45, 7) is 0. The highest BCUT2D eigenvalue weighted by Crippen LogP contribution is 2.63. The first-order valence-corrected chi connectivity index (χ1v) is 18.9. The molecule has 0 bridgehead atoms. The highest BCUT2D eigenvalue weighted by Gasteiger charge is 2.52. The molecule has 0 saturated heterocycles. The van der Waals surface area contributed by atoms with E-state index in [0.29, 0.717) is 5.82 Å². The lowest BCUT2D eigenvalue weighted by atomic mass is 9.70. The van der Waals surface area contributed by atoms with E-state index in [9.17, 15) is 0 Å². The molecular weight excluding hydrogens is 665 g/mol. The number of aromatic nitrogens is 2. The molecule has 2 aliphatic rings. The van der Waals surface area contributed by atoms with E-state index in [4.69, 9.17) is 9.97 Å². The molecule has 0 fully saturated rings. The van der Waals surface area contributed by atoms with E-state index in [1.807, 2.05) is 0 Å². The van der Waals surface area contributed by atoms with Gasteiger partial charge in [0.25, 0.3) is 0 Å². The van der Waals surface area contributed by atoms with Crippen molar-refractivity contribution in [1.82, 2.24) is 9.97 Å².